The van der Waals surface area contributed by atoms with Crippen LogP contribution in [-0.4, -0.2) is 75.5 Å². The molecule has 0 aromatic heterocycles. The van der Waals surface area contributed by atoms with E-state index in [1.165, 1.54) is 0 Å². The van der Waals surface area contributed by atoms with Crippen LogP contribution in [0.15, 0.2) is 0 Å². The third-order valence-corrected chi connectivity index (χ3v) is 3.75. The van der Waals surface area contributed by atoms with Crippen molar-refractivity contribution in [3.63, 3.8) is 0 Å². The molecule has 0 radical (unpaired) electrons. The minimum atomic E-state index is -3.36. The van der Waals surface area contributed by atoms with Gasteiger partial charge in [-0.3, -0.25) is 4.18 Å². The van der Waals surface area contributed by atoms with Crippen LogP contribution in [0.3, 0.4) is 0 Å². The number of rotatable bonds is 5. The SMILES string of the molecule is CC(C)(C)OC(=O)N1CCCN(CCCOS(C)(=O)=O)CC1. The van der Waals surface area contributed by atoms with Crippen molar-refractivity contribution in [2.24, 2.45) is 0 Å². The van der Waals surface area contributed by atoms with Crippen LogP contribution < -0.4 is 0 Å². The van der Waals surface area contributed by atoms with Crippen LogP contribution in [-0.2, 0) is 19.0 Å². The molecule has 1 amide bonds. The lowest BCUT2D eigenvalue weighted by Crippen LogP contribution is -2.39. The van der Waals surface area contributed by atoms with Crippen molar-refractivity contribution in [1.82, 2.24) is 9.80 Å². The molecule has 0 unspecified atom stereocenters. The monoisotopic (exact) mass is 336 g/mol. The third kappa shape index (κ3) is 8.55. The minimum absolute atomic E-state index is 0.200. The summed E-state index contributed by atoms with van der Waals surface area (Å²) in [6.45, 7) is 9.50. The van der Waals surface area contributed by atoms with Crippen LogP contribution >= 0.6 is 0 Å². The number of hydrogen-bond donors (Lipinski definition) is 0. The van der Waals surface area contributed by atoms with Gasteiger partial charge in [0, 0.05) is 26.2 Å². The Hall–Kier alpha value is -0.860. The molecule has 1 fully saturated rings. The predicted molar refractivity (Wildman–Crippen MR) is 84.3 cm³/mol. The summed E-state index contributed by atoms with van der Waals surface area (Å²) >= 11 is 0. The smallest absolute Gasteiger partial charge is 0.410 e. The summed E-state index contributed by atoms with van der Waals surface area (Å²) in [6.07, 6.45) is 2.32. The van der Waals surface area contributed by atoms with E-state index >= 15 is 0 Å². The van der Waals surface area contributed by atoms with Gasteiger partial charge in [-0.05, 0) is 40.2 Å². The van der Waals surface area contributed by atoms with E-state index in [4.69, 9.17) is 8.92 Å². The Morgan fingerprint density at radius 1 is 1.14 bits per heavy atom. The van der Waals surface area contributed by atoms with Crippen LogP contribution in [0.4, 0.5) is 4.79 Å². The van der Waals surface area contributed by atoms with Crippen LogP contribution in [0.25, 0.3) is 0 Å². The quantitative estimate of drug-likeness (QED) is 0.556. The third-order valence-electron chi connectivity index (χ3n) is 3.16. The van der Waals surface area contributed by atoms with Gasteiger partial charge in [0.25, 0.3) is 10.1 Å². The molecule has 0 aliphatic carbocycles. The molecule has 0 aromatic carbocycles. The van der Waals surface area contributed by atoms with E-state index in [2.05, 4.69) is 4.90 Å². The van der Waals surface area contributed by atoms with Gasteiger partial charge in [-0.15, -0.1) is 0 Å². The van der Waals surface area contributed by atoms with Crippen molar-refractivity contribution in [3.05, 3.63) is 0 Å². The second kappa shape index (κ2) is 8.12. The summed E-state index contributed by atoms with van der Waals surface area (Å²) in [6, 6.07) is 0. The van der Waals surface area contributed by atoms with Gasteiger partial charge < -0.3 is 14.5 Å². The van der Waals surface area contributed by atoms with Crippen LogP contribution in [0.2, 0.25) is 0 Å². The first kappa shape index (κ1) is 19.2. The Bertz CT molecular complexity index is 458. The van der Waals surface area contributed by atoms with E-state index in [0.29, 0.717) is 19.5 Å². The van der Waals surface area contributed by atoms with Gasteiger partial charge in [0.1, 0.15) is 5.60 Å². The van der Waals surface area contributed by atoms with Gasteiger partial charge in [-0.1, -0.05) is 0 Å². The van der Waals surface area contributed by atoms with Crippen molar-refractivity contribution < 1.29 is 22.1 Å². The molecule has 0 aromatic rings. The number of hydrogen-bond acceptors (Lipinski definition) is 6. The summed E-state index contributed by atoms with van der Waals surface area (Å²) in [4.78, 5) is 16.0. The molecule has 8 heteroatoms. The minimum Gasteiger partial charge on any atom is -0.444 e. The fourth-order valence-electron chi connectivity index (χ4n) is 2.20. The molecule has 0 bridgehead atoms. The molecule has 1 saturated heterocycles. The molecular formula is C14H28N2O5S. The lowest BCUT2D eigenvalue weighted by molar-refractivity contribution is 0.0257. The largest absolute Gasteiger partial charge is 0.444 e. The van der Waals surface area contributed by atoms with Crippen molar-refractivity contribution in [2.75, 3.05) is 45.6 Å². The first-order valence-electron chi connectivity index (χ1n) is 7.61. The maximum Gasteiger partial charge on any atom is 0.410 e. The molecular weight excluding hydrogens is 308 g/mol. The van der Waals surface area contributed by atoms with Crippen LogP contribution in [0, 0.1) is 0 Å². The first-order chi connectivity index (χ1) is 10.1. The highest BCUT2D eigenvalue weighted by Gasteiger charge is 2.24. The second-order valence-corrected chi connectivity index (χ2v) is 8.19. The van der Waals surface area contributed by atoms with E-state index in [1.54, 1.807) is 4.90 Å². The molecule has 130 valence electrons. The molecule has 1 rings (SSSR count). The van der Waals surface area contributed by atoms with Gasteiger partial charge in [-0.25, -0.2) is 4.79 Å². The first-order valence-corrected chi connectivity index (χ1v) is 9.43. The normalized spacial score (nSPS) is 18.1. The highest BCUT2D eigenvalue weighted by molar-refractivity contribution is 7.85. The molecule has 0 saturated carbocycles. The summed E-state index contributed by atoms with van der Waals surface area (Å²) in [7, 11) is -3.36. The molecule has 0 spiro atoms. The summed E-state index contributed by atoms with van der Waals surface area (Å²) < 4.78 is 31.9. The van der Waals surface area contributed by atoms with E-state index in [0.717, 1.165) is 32.3 Å². The Morgan fingerprint density at radius 3 is 2.41 bits per heavy atom. The van der Waals surface area contributed by atoms with E-state index in [-0.39, 0.29) is 12.7 Å². The zero-order valence-electron chi connectivity index (χ0n) is 14.0. The fraction of sp³-hybridized carbons (Fsp3) is 0.929. The van der Waals surface area contributed by atoms with E-state index < -0.39 is 15.7 Å². The van der Waals surface area contributed by atoms with Gasteiger partial charge in [0.2, 0.25) is 0 Å². The fourth-order valence-corrected chi connectivity index (χ4v) is 2.62. The van der Waals surface area contributed by atoms with E-state index in [9.17, 15) is 13.2 Å². The van der Waals surface area contributed by atoms with Gasteiger partial charge in [0.05, 0.1) is 12.9 Å². The number of carbonyl (C=O) groups is 1. The predicted octanol–water partition coefficient (Wildman–Crippen LogP) is 1.30. The van der Waals surface area contributed by atoms with Crippen LogP contribution in [0.1, 0.15) is 33.6 Å². The molecule has 7 nitrogen and oxygen atoms in total. The van der Waals surface area contributed by atoms with Gasteiger partial charge >= 0.3 is 6.09 Å². The Balaban J connectivity index is 2.32. The van der Waals surface area contributed by atoms with Crippen molar-refractivity contribution in [1.29, 1.82) is 0 Å². The molecule has 22 heavy (non-hydrogen) atoms. The zero-order chi connectivity index (χ0) is 16.8. The average Bonchev–Trinajstić information content (AvgIpc) is 2.57. The molecule has 1 aliphatic heterocycles. The number of nitrogens with zero attached hydrogens (tertiary/aromatic N) is 2. The second-order valence-electron chi connectivity index (χ2n) is 6.54. The number of amides is 1. The van der Waals surface area contributed by atoms with Crippen molar-refractivity contribution >= 4 is 16.2 Å². The maximum atomic E-state index is 12.0. The number of carbonyl (C=O) groups excluding carboxylic acids is 1. The Kier molecular flexibility index (Phi) is 7.08. The van der Waals surface area contributed by atoms with Gasteiger partial charge in [-0.2, -0.15) is 8.42 Å². The lowest BCUT2D eigenvalue weighted by Gasteiger charge is -2.26. The molecule has 1 heterocycles. The van der Waals surface area contributed by atoms with Crippen LogP contribution in [0.5, 0.6) is 0 Å². The zero-order valence-corrected chi connectivity index (χ0v) is 14.8. The summed E-state index contributed by atoms with van der Waals surface area (Å²) in [5.74, 6) is 0. The number of ether oxygens (including phenoxy) is 1. The Morgan fingerprint density at radius 2 is 1.82 bits per heavy atom. The van der Waals surface area contributed by atoms with Crippen molar-refractivity contribution in [3.8, 4) is 0 Å². The standard InChI is InChI=1S/C14H28N2O5S/c1-14(2,3)21-13(17)16-9-5-7-15(10-11-16)8-6-12-20-22(4,18)19/h5-12H2,1-4H3. The molecule has 0 N–H and O–H groups in total. The topological polar surface area (TPSA) is 76.2 Å². The maximum absolute atomic E-state index is 12.0. The summed E-state index contributed by atoms with van der Waals surface area (Å²) in [5.41, 5.74) is -0.480. The molecule has 0 atom stereocenters. The average molecular weight is 336 g/mol. The molecule has 1 aliphatic rings. The highest BCUT2D eigenvalue weighted by Crippen LogP contribution is 2.12. The Labute approximate surface area is 133 Å². The van der Waals surface area contributed by atoms with Crippen molar-refractivity contribution in [2.45, 2.75) is 39.2 Å². The van der Waals surface area contributed by atoms with E-state index in [1.807, 2.05) is 20.8 Å². The highest BCUT2D eigenvalue weighted by atomic mass is 32.2. The summed E-state index contributed by atoms with van der Waals surface area (Å²) in [5, 5.41) is 0. The van der Waals surface area contributed by atoms with Gasteiger partial charge in [0.15, 0.2) is 0 Å². The lowest BCUT2D eigenvalue weighted by atomic mass is 10.2.